The van der Waals surface area contributed by atoms with Crippen LogP contribution in [0.4, 0.5) is 4.39 Å². The number of rotatable bonds is 5. The molecule has 0 radical (unpaired) electrons. The Morgan fingerprint density at radius 2 is 2.22 bits per heavy atom. The zero-order chi connectivity index (χ0) is 19.6. The third-order valence-electron chi connectivity index (χ3n) is 4.39. The summed E-state index contributed by atoms with van der Waals surface area (Å²) < 4.78 is 21.3. The number of amidine groups is 1. The van der Waals surface area contributed by atoms with Gasteiger partial charge in [-0.3, -0.25) is 4.99 Å². The molecule has 0 spiro atoms. The van der Waals surface area contributed by atoms with Crippen molar-refractivity contribution in [2.45, 2.75) is 19.9 Å². The van der Waals surface area contributed by atoms with Gasteiger partial charge in [0, 0.05) is 30.5 Å². The van der Waals surface area contributed by atoms with Gasteiger partial charge in [0.05, 0.1) is 12.2 Å². The number of esters is 1. The van der Waals surface area contributed by atoms with E-state index >= 15 is 0 Å². The maximum atomic E-state index is 14.2. The predicted molar refractivity (Wildman–Crippen MR) is 104 cm³/mol. The Hall–Kier alpha value is -2.48. The molecule has 2 heterocycles. The lowest BCUT2D eigenvalue weighted by atomic mass is 9.92. The second-order valence-electron chi connectivity index (χ2n) is 6.07. The van der Waals surface area contributed by atoms with Gasteiger partial charge in [0.2, 0.25) is 0 Å². The lowest BCUT2D eigenvalue weighted by Gasteiger charge is -2.27. The fourth-order valence-corrected chi connectivity index (χ4v) is 3.45. The smallest absolute Gasteiger partial charge is 0.338 e. The number of nitrogens with one attached hydrogen (secondary N) is 1. The number of aryl methyl sites for hydroxylation is 1. The average molecular weight is 435 g/mol. The summed E-state index contributed by atoms with van der Waals surface area (Å²) in [6.07, 6.45) is 3.47. The average Bonchev–Trinajstić information content (AvgIpc) is 3.09. The predicted octanol–water partition coefficient (Wildman–Crippen LogP) is 3.17. The first-order valence-corrected chi connectivity index (χ1v) is 9.63. The number of alkyl halides is 1. The summed E-state index contributed by atoms with van der Waals surface area (Å²) >= 11 is 3.43. The molecule has 0 amide bonds. The van der Waals surface area contributed by atoms with Gasteiger partial charge in [0.1, 0.15) is 11.9 Å². The van der Waals surface area contributed by atoms with Crippen LogP contribution < -0.4 is 5.32 Å². The van der Waals surface area contributed by atoms with Gasteiger partial charge < -0.3 is 14.6 Å². The summed E-state index contributed by atoms with van der Waals surface area (Å²) in [6, 6.07) is 4.09. The highest BCUT2D eigenvalue weighted by Crippen LogP contribution is 2.35. The lowest BCUT2D eigenvalue weighted by Crippen LogP contribution is -2.36. The van der Waals surface area contributed by atoms with Gasteiger partial charge in [0.15, 0.2) is 11.7 Å². The number of halogens is 2. The summed E-state index contributed by atoms with van der Waals surface area (Å²) in [7, 11) is 1.85. The van der Waals surface area contributed by atoms with Crippen molar-refractivity contribution in [2.75, 3.05) is 11.9 Å². The molecular formula is C19H20BrFN4O2. The number of ether oxygens (including phenoxy) is 1. The number of hydrogen-bond donors (Lipinski definition) is 1. The first-order chi connectivity index (χ1) is 13.0. The normalized spacial score (nSPS) is 16.8. The molecule has 1 aromatic carbocycles. The summed E-state index contributed by atoms with van der Waals surface area (Å²) in [6.45, 7) is 3.66. The lowest BCUT2D eigenvalue weighted by molar-refractivity contribution is -0.138. The third-order valence-corrected chi connectivity index (χ3v) is 4.95. The van der Waals surface area contributed by atoms with Gasteiger partial charge in [0.25, 0.3) is 0 Å². The van der Waals surface area contributed by atoms with Crippen LogP contribution in [-0.4, -0.2) is 33.3 Å². The van der Waals surface area contributed by atoms with Crippen LogP contribution in [-0.2, 0) is 16.6 Å². The van der Waals surface area contributed by atoms with Crippen LogP contribution in [0.5, 0.6) is 0 Å². The zero-order valence-electron chi connectivity index (χ0n) is 15.3. The SMILES string of the molecule is CCOC(=O)C1=C(CBr)NC(c2nccn2C)=N[C@H]1c1cccc(F)c1C. The minimum Gasteiger partial charge on any atom is -0.463 e. The van der Waals surface area contributed by atoms with Crippen molar-refractivity contribution >= 4 is 27.7 Å². The van der Waals surface area contributed by atoms with E-state index in [1.165, 1.54) is 6.07 Å². The van der Waals surface area contributed by atoms with Crippen LogP contribution in [0.2, 0.25) is 0 Å². The Labute approximate surface area is 165 Å². The fourth-order valence-electron chi connectivity index (χ4n) is 3.00. The molecule has 0 aliphatic carbocycles. The molecule has 8 heteroatoms. The molecule has 0 bridgehead atoms. The first-order valence-electron chi connectivity index (χ1n) is 8.51. The molecular weight excluding hydrogens is 415 g/mol. The van der Waals surface area contributed by atoms with E-state index in [9.17, 15) is 9.18 Å². The quantitative estimate of drug-likeness (QED) is 0.579. The Bertz CT molecular complexity index is 936. The van der Waals surface area contributed by atoms with Crippen molar-refractivity contribution in [3.63, 3.8) is 0 Å². The minimum absolute atomic E-state index is 0.239. The molecule has 1 aliphatic heterocycles. The molecule has 1 aliphatic rings. The van der Waals surface area contributed by atoms with Crippen molar-refractivity contribution in [1.29, 1.82) is 0 Å². The van der Waals surface area contributed by atoms with Crippen molar-refractivity contribution < 1.29 is 13.9 Å². The number of nitrogens with zero attached hydrogens (tertiary/aromatic N) is 3. The highest BCUT2D eigenvalue weighted by Gasteiger charge is 2.33. The molecule has 0 unspecified atom stereocenters. The standard InChI is InChI=1S/C19H20BrFN4O2/c1-4-27-19(26)15-14(10-20)23-17(18-22-8-9-25(18)3)24-16(15)12-6-5-7-13(21)11(12)2/h5-9,16H,4,10H2,1-3H3,(H,23,24)/t16-/m0/s1. The largest absolute Gasteiger partial charge is 0.463 e. The Kier molecular flexibility index (Phi) is 5.74. The van der Waals surface area contributed by atoms with E-state index < -0.39 is 12.0 Å². The van der Waals surface area contributed by atoms with Gasteiger partial charge in [-0.25, -0.2) is 14.2 Å². The second kappa shape index (κ2) is 8.04. The molecule has 2 aromatic rings. The van der Waals surface area contributed by atoms with Gasteiger partial charge in [-0.1, -0.05) is 28.1 Å². The molecule has 3 rings (SSSR count). The molecule has 142 valence electrons. The van der Waals surface area contributed by atoms with E-state index in [-0.39, 0.29) is 12.4 Å². The van der Waals surface area contributed by atoms with Crippen LogP contribution >= 0.6 is 15.9 Å². The molecule has 0 saturated carbocycles. The topological polar surface area (TPSA) is 68.5 Å². The molecule has 1 N–H and O–H groups in total. The monoisotopic (exact) mass is 434 g/mol. The first kappa shape index (κ1) is 19.3. The van der Waals surface area contributed by atoms with Crippen molar-refractivity contribution in [1.82, 2.24) is 14.9 Å². The number of benzene rings is 1. The number of aliphatic imine (C=N–C) groups is 1. The second-order valence-corrected chi connectivity index (χ2v) is 6.63. The number of aromatic nitrogens is 2. The van der Waals surface area contributed by atoms with Gasteiger partial charge in [-0.05, 0) is 31.0 Å². The summed E-state index contributed by atoms with van der Waals surface area (Å²) in [4.78, 5) is 21.7. The maximum absolute atomic E-state index is 14.2. The highest BCUT2D eigenvalue weighted by molar-refractivity contribution is 9.09. The van der Waals surface area contributed by atoms with Gasteiger partial charge >= 0.3 is 5.97 Å². The third kappa shape index (κ3) is 3.66. The van der Waals surface area contributed by atoms with Crippen LogP contribution in [0.1, 0.15) is 29.9 Å². The van der Waals surface area contributed by atoms with Crippen LogP contribution in [0.15, 0.2) is 46.9 Å². The number of imidazole rings is 1. The Morgan fingerprint density at radius 1 is 1.44 bits per heavy atom. The summed E-state index contributed by atoms with van der Waals surface area (Å²) in [5, 5.41) is 3.56. The van der Waals surface area contributed by atoms with E-state index in [2.05, 4.69) is 26.2 Å². The van der Waals surface area contributed by atoms with Crippen molar-refractivity contribution in [2.24, 2.45) is 12.0 Å². The van der Waals surface area contributed by atoms with Gasteiger partial charge in [-0.15, -0.1) is 0 Å². The van der Waals surface area contributed by atoms with E-state index in [0.717, 1.165) is 0 Å². The molecule has 0 saturated heterocycles. The minimum atomic E-state index is -0.694. The van der Waals surface area contributed by atoms with Crippen LogP contribution in [0.25, 0.3) is 0 Å². The Balaban J connectivity index is 2.19. The maximum Gasteiger partial charge on any atom is 0.338 e. The number of hydrogen-bond acceptors (Lipinski definition) is 5. The van der Waals surface area contributed by atoms with Crippen molar-refractivity contribution in [3.05, 3.63) is 64.6 Å². The van der Waals surface area contributed by atoms with E-state index in [0.29, 0.717) is 39.4 Å². The van der Waals surface area contributed by atoms with E-state index in [1.54, 1.807) is 38.4 Å². The molecule has 1 atom stereocenters. The van der Waals surface area contributed by atoms with E-state index in [4.69, 9.17) is 9.73 Å². The molecule has 27 heavy (non-hydrogen) atoms. The molecule has 0 fully saturated rings. The highest BCUT2D eigenvalue weighted by atomic mass is 79.9. The Morgan fingerprint density at radius 3 is 2.85 bits per heavy atom. The fraction of sp³-hybridized carbons (Fsp3) is 0.316. The van der Waals surface area contributed by atoms with Crippen LogP contribution in [0.3, 0.4) is 0 Å². The van der Waals surface area contributed by atoms with Crippen molar-refractivity contribution in [3.8, 4) is 0 Å². The zero-order valence-corrected chi connectivity index (χ0v) is 16.9. The van der Waals surface area contributed by atoms with E-state index in [1.807, 2.05) is 11.6 Å². The summed E-state index contributed by atoms with van der Waals surface area (Å²) in [5.74, 6) is 0.313. The number of carbonyl (C=O) groups is 1. The number of allylic oxidation sites excluding steroid dienone is 1. The molecule has 1 aromatic heterocycles. The molecule has 6 nitrogen and oxygen atoms in total. The van der Waals surface area contributed by atoms with Gasteiger partial charge in [-0.2, -0.15) is 0 Å². The summed E-state index contributed by atoms with van der Waals surface area (Å²) in [5.41, 5.74) is 2.04. The number of carbonyl (C=O) groups excluding carboxylic acids is 1. The van der Waals surface area contributed by atoms with Crippen LogP contribution in [0, 0.1) is 12.7 Å².